The minimum absolute atomic E-state index is 0.131. The second-order valence-electron chi connectivity index (χ2n) is 9.27. The molecule has 3 aliphatic rings. The van der Waals surface area contributed by atoms with Crippen LogP contribution in [0.4, 0.5) is 23.1 Å². The van der Waals surface area contributed by atoms with E-state index in [1.807, 2.05) is 6.07 Å². The first-order chi connectivity index (χ1) is 16.6. The molecule has 0 bridgehead atoms. The molecule has 34 heavy (non-hydrogen) atoms. The Morgan fingerprint density at radius 1 is 1.21 bits per heavy atom. The Balaban J connectivity index is 1.37. The van der Waals surface area contributed by atoms with Crippen LogP contribution in [0.25, 0.3) is 5.65 Å². The molecule has 11 heteroatoms. The SMILES string of the molecule is N#Cc1cc(Nc2nc(NC3CC3)c3ncc(C#N)n3n2)c(Cl)c(N2CCC3(CCCN3)C2)c1. The fourth-order valence-corrected chi connectivity index (χ4v) is 5.21. The number of fused-ring (bicyclic) bond motifs is 1. The Kier molecular flexibility index (Phi) is 4.94. The zero-order chi connectivity index (χ0) is 23.3. The Morgan fingerprint density at radius 3 is 2.82 bits per heavy atom. The highest BCUT2D eigenvalue weighted by atomic mass is 35.5. The molecule has 1 spiro atoms. The minimum Gasteiger partial charge on any atom is -0.368 e. The summed E-state index contributed by atoms with van der Waals surface area (Å²) in [6.45, 7) is 2.78. The van der Waals surface area contributed by atoms with Gasteiger partial charge in [0, 0.05) is 24.7 Å². The Bertz CT molecular complexity index is 1360. The number of anilines is 4. The van der Waals surface area contributed by atoms with Crippen molar-refractivity contribution in [1.29, 1.82) is 10.5 Å². The maximum atomic E-state index is 9.68. The number of nitrogens with one attached hydrogen (secondary N) is 3. The molecule has 3 fully saturated rings. The molecule has 3 N–H and O–H groups in total. The molecule has 0 radical (unpaired) electrons. The van der Waals surface area contributed by atoms with Crippen LogP contribution in [0.2, 0.25) is 5.02 Å². The fraction of sp³-hybridized carbons (Fsp3) is 0.435. The predicted molar refractivity (Wildman–Crippen MR) is 128 cm³/mol. The van der Waals surface area contributed by atoms with Gasteiger partial charge in [-0.25, -0.2) is 4.98 Å². The van der Waals surface area contributed by atoms with Crippen LogP contribution >= 0.6 is 11.6 Å². The van der Waals surface area contributed by atoms with Crippen molar-refractivity contribution >= 4 is 40.4 Å². The summed E-state index contributed by atoms with van der Waals surface area (Å²) in [5, 5.41) is 34.4. The fourth-order valence-electron chi connectivity index (χ4n) is 4.94. The van der Waals surface area contributed by atoms with Gasteiger partial charge in [-0.15, -0.1) is 5.10 Å². The quantitative estimate of drug-likeness (QED) is 0.510. The third-order valence-corrected chi connectivity index (χ3v) is 7.25. The van der Waals surface area contributed by atoms with Gasteiger partial charge in [0.05, 0.1) is 34.2 Å². The third-order valence-electron chi connectivity index (χ3n) is 6.85. The molecule has 2 aliphatic heterocycles. The average Bonchev–Trinajstić information content (AvgIpc) is 3.23. The largest absolute Gasteiger partial charge is 0.368 e. The maximum Gasteiger partial charge on any atom is 0.247 e. The highest BCUT2D eigenvalue weighted by molar-refractivity contribution is 6.36. The van der Waals surface area contributed by atoms with Crippen molar-refractivity contribution in [2.75, 3.05) is 35.2 Å². The molecule has 1 unspecified atom stereocenters. The number of nitrogens with zero attached hydrogens (tertiary/aromatic N) is 7. The number of aromatic nitrogens is 4. The van der Waals surface area contributed by atoms with Crippen LogP contribution in [-0.2, 0) is 0 Å². The number of benzene rings is 1. The van der Waals surface area contributed by atoms with E-state index in [-0.39, 0.29) is 11.5 Å². The van der Waals surface area contributed by atoms with E-state index in [2.05, 4.69) is 48.1 Å². The molecule has 2 saturated heterocycles. The van der Waals surface area contributed by atoms with Gasteiger partial charge in [-0.1, -0.05) is 11.6 Å². The zero-order valence-electron chi connectivity index (χ0n) is 18.5. The number of nitriles is 2. The lowest BCUT2D eigenvalue weighted by atomic mass is 9.97. The van der Waals surface area contributed by atoms with Crippen LogP contribution in [-0.4, -0.2) is 50.8 Å². The number of hydrogen-bond donors (Lipinski definition) is 3. The van der Waals surface area contributed by atoms with Crippen molar-refractivity contribution in [3.8, 4) is 12.1 Å². The van der Waals surface area contributed by atoms with E-state index in [4.69, 9.17) is 11.6 Å². The zero-order valence-corrected chi connectivity index (χ0v) is 19.2. The topological polar surface area (TPSA) is 130 Å². The third kappa shape index (κ3) is 3.65. The van der Waals surface area contributed by atoms with Gasteiger partial charge in [0.25, 0.3) is 0 Å². The maximum absolute atomic E-state index is 9.68. The van der Waals surface area contributed by atoms with Gasteiger partial charge < -0.3 is 20.9 Å². The van der Waals surface area contributed by atoms with Crippen LogP contribution in [0.3, 0.4) is 0 Å². The molecule has 1 saturated carbocycles. The minimum atomic E-state index is 0.131. The first-order valence-corrected chi connectivity index (χ1v) is 11.9. The van der Waals surface area contributed by atoms with E-state index >= 15 is 0 Å². The Morgan fingerprint density at radius 2 is 2.09 bits per heavy atom. The molecule has 0 amide bonds. The van der Waals surface area contributed by atoms with Gasteiger partial charge in [0.15, 0.2) is 17.2 Å². The summed E-state index contributed by atoms with van der Waals surface area (Å²) in [6, 6.07) is 8.24. The van der Waals surface area contributed by atoms with Crippen LogP contribution in [0.1, 0.15) is 43.4 Å². The highest BCUT2D eigenvalue weighted by Crippen LogP contribution is 2.40. The Hall–Kier alpha value is -3.60. The van der Waals surface area contributed by atoms with Gasteiger partial charge in [-0.3, -0.25) is 0 Å². The van der Waals surface area contributed by atoms with E-state index < -0.39 is 0 Å². The lowest BCUT2D eigenvalue weighted by Gasteiger charge is -2.26. The van der Waals surface area contributed by atoms with Crippen molar-refractivity contribution in [2.45, 2.75) is 43.7 Å². The monoisotopic (exact) mass is 474 g/mol. The van der Waals surface area contributed by atoms with E-state index in [9.17, 15) is 10.5 Å². The standard InChI is InChI=1S/C23H23ClN10/c24-19-17(8-14(10-25)9-18(19)33-7-5-23(13-33)4-1-6-28-23)30-22-31-20(29-15-2-3-15)21-27-12-16(11-26)34(21)32-22/h8-9,12,15,28H,1-7,13H2,(H2,29,30,31,32). The van der Waals surface area contributed by atoms with E-state index in [0.717, 1.165) is 51.0 Å². The number of rotatable bonds is 5. The molecule has 1 aromatic carbocycles. The average molecular weight is 475 g/mol. The van der Waals surface area contributed by atoms with Crippen molar-refractivity contribution in [1.82, 2.24) is 24.9 Å². The van der Waals surface area contributed by atoms with Crippen LogP contribution in [0.15, 0.2) is 18.3 Å². The molecule has 3 aromatic rings. The van der Waals surface area contributed by atoms with Crippen molar-refractivity contribution in [3.63, 3.8) is 0 Å². The first kappa shape index (κ1) is 21.0. The number of imidazole rings is 1. The summed E-state index contributed by atoms with van der Waals surface area (Å²) in [6.07, 6.45) is 7.00. The van der Waals surface area contributed by atoms with Gasteiger partial charge >= 0.3 is 0 Å². The summed E-state index contributed by atoms with van der Waals surface area (Å²) in [5.41, 5.74) is 2.81. The molecule has 1 aliphatic carbocycles. The van der Waals surface area contributed by atoms with Gasteiger partial charge in [-0.2, -0.15) is 20.0 Å². The number of hydrogen-bond acceptors (Lipinski definition) is 9. The smallest absolute Gasteiger partial charge is 0.247 e. The van der Waals surface area contributed by atoms with E-state index in [1.165, 1.54) is 17.1 Å². The summed E-state index contributed by atoms with van der Waals surface area (Å²) >= 11 is 6.88. The lowest BCUT2D eigenvalue weighted by molar-refractivity contribution is 0.419. The number of halogens is 1. The van der Waals surface area contributed by atoms with Crippen molar-refractivity contribution in [3.05, 3.63) is 34.6 Å². The molecule has 6 rings (SSSR count). The summed E-state index contributed by atoms with van der Waals surface area (Å²) < 4.78 is 1.47. The molecule has 4 heterocycles. The second-order valence-corrected chi connectivity index (χ2v) is 9.65. The molecule has 172 valence electrons. The van der Waals surface area contributed by atoms with Gasteiger partial charge in [-0.05, 0) is 50.8 Å². The predicted octanol–water partition coefficient (Wildman–Crippen LogP) is 3.17. The molecule has 1 atom stereocenters. The second kappa shape index (κ2) is 8.01. The van der Waals surface area contributed by atoms with Crippen molar-refractivity contribution in [2.24, 2.45) is 0 Å². The highest BCUT2D eigenvalue weighted by Gasteiger charge is 2.40. The molecular formula is C23H23ClN10. The van der Waals surface area contributed by atoms with E-state index in [0.29, 0.717) is 39.5 Å². The van der Waals surface area contributed by atoms with Gasteiger partial charge in [0.2, 0.25) is 5.95 Å². The molecule has 2 aromatic heterocycles. The summed E-state index contributed by atoms with van der Waals surface area (Å²) in [7, 11) is 0. The van der Waals surface area contributed by atoms with Crippen molar-refractivity contribution < 1.29 is 0 Å². The van der Waals surface area contributed by atoms with Crippen LogP contribution < -0.4 is 20.9 Å². The molecular weight excluding hydrogens is 452 g/mol. The summed E-state index contributed by atoms with van der Waals surface area (Å²) in [4.78, 5) is 11.2. The van der Waals surface area contributed by atoms with Crippen LogP contribution in [0, 0.1) is 22.7 Å². The first-order valence-electron chi connectivity index (χ1n) is 11.5. The Labute approximate surface area is 201 Å². The van der Waals surface area contributed by atoms with E-state index in [1.54, 1.807) is 6.07 Å². The van der Waals surface area contributed by atoms with Crippen LogP contribution in [0.5, 0.6) is 0 Å². The normalized spacial score (nSPS) is 21.7. The lowest BCUT2D eigenvalue weighted by Crippen LogP contribution is -2.42. The van der Waals surface area contributed by atoms with Gasteiger partial charge in [0.1, 0.15) is 6.07 Å². The molecule has 10 nitrogen and oxygen atoms in total. The summed E-state index contributed by atoms with van der Waals surface area (Å²) in [5.74, 6) is 0.825.